The number of carboxylic acids is 1. The summed E-state index contributed by atoms with van der Waals surface area (Å²) in [4.78, 5) is 10.9. The van der Waals surface area contributed by atoms with Crippen molar-refractivity contribution in [1.82, 2.24) is 4.57 Å². The van der Waals surface area contributed by atoms with E-state index in [1.807, 2.05) is 6.07 Å². The van der Waals surface area contributed by atoms with Crippen LogP contribution in [0.3, 0.4) is 0 Å². The number of benzene rings is 1. The molecule has 0 fully saturated rings. The Hall–Kier alpha value is -1.77. The molecule has 0 bridgehead atoms. The summed E-state index contributed by atoms with van der Waals surface area (Å²) >= 11 is 0. The number of aryl methyl sites for hydroxylation is 1. The van der Waals surface area contributed by atoms with Crippen LogP contribution in [0.25, 0.3) is 10.9 Å². The van der Waals surface area contributed by atoms with Gasteiger partial charge in [-0.2, -0.15) is 0 Å². The van der Waals surface area contributed by atoms with E-state index in [1.165, 1.54) is 10.9 Å². The van der Waals surface area contributed by atoms with Gasteiger partial charge in [-0.25, -0.2) is 0 Å². The Morgan fingerprint density at radius 3 is 2.83 bits per heavy atom. The topological polar surface area (TPSA) is 42.2 Å². The summed E-state index contributed by atoms with van der Waals surface area (Å²) in [5, 5.41) is 10.2. The number of aliphatic carboxylic acids is 1. The molecule has 3 nitrogen and oxygen atoms in total. The number of aromatic nitrogens is 1. The lowest BCUT2D eigenvalue weighted by Crippen LogP contribution is -2.12. The van der Waals surface area contributed by atoms with Gasteiger partial charge >= 0.3 is 5.97 Å². The second kappa shape index (κ2) is 5.25. The van der Waals surface area contributed by atoms with Crippen molar-refractivity contribution in [2.45, 2.75) is 33.2 Å². The van der Waals surface area contributed by atoms with E-state index in [0.717, 1.165) is 18.5 Å². The third kappa shape index (κ3) is 2.55. The Bertz CT molecular complexity index is 557. The van der Waals surface area contributed by atoms with Gasteiger partial charge in [0.2, 0.25) is 0 Å². The third-order valence-electron chi connectivity index (χ3n) is 3.27. The lowest BCUT2D eigenvalue weighted by Gasteiger charge is -2.08. The van der Waals surface area contributed by atoms with Gasteiger partial charge in [-0.1, -0.05) is 26.0 Å². The van der Waals surface area contributed by atoms with Crippen LogP contribution in [0.5, 0.6) is 0 Å². The van der Waals surface area contributed by atoms with Gasteiger partial charge in [-0.3, -0.25) is 4.79 Å². The Morgan fingerprint density at radius 1 is 1.39 bits per heavy atom. The minimum atomic E-state index is -0.737. The molecule has 18 heavy (non-hydrogen) atoms. The van der Waals surface area contributed by atoms with Gasteiger partial charge in [0.25, 0.3) is 0 Å². The quantitative estimate of drug-likeness (QED) is 0.878. The number of carbonyl (C=O) groups is 1. The molecule has 0 saturated carbocycles. The molecule has 1 heterocycles. The molecule has 0 saturated heterocycles. The maximum atomic E-state index is 10.9. The van der Waals surface area contributed by atoms with E-state index in [4.69, 9.17) is 5.11 Å². The van der Waals surface area contributed by atoms with E-state index in [0.29, 0.717) is 6.42 Å². The summed E-state index contributed by atoms with van der Waals surface area (Å²) in [5.74, 6) is -1.07. The van der Waals surface area contributed by atoms with Crippen LogP contribution >= 0.6 is 0 Å². The first-order valence-electron chi connectivity index (χ1n) is 6.42. The molecule has 1 N–H and O–H groups in total. The minimum Gasteiger partial charge on any atom is -0.481 e. The molecular formula is C15H19NO2. The normalized spacial score (nSPS) is 12.8. The molecule has 1 unspecified atom stereocenters. The van der Waals surface area contributed by atoms with Crippen molar-refractivity contribution in [2.24, 2.45) is 5.92 Å². The first-order valence-corrected chi connectivity index (χ1v) is 6.42. The molecule has 1 aromatic heterocycles. The molecule has 0 aliphatic carbocycles. The van der Waals surface area contributed by atoms with Crippen LogP contribution in [0, 0.1) is 5.92 Å². The summed E-state index contributed by atoms with van der Waals surface area (Å²) in [6.07, 6.45) is 3.78. The predicted molar refractivity (Wildman–Crippen MR) is 72.7 cm³/mol. The zero-order valence-electron chi connectivity index (χ0n) is 10.9. The van der Waals surface area contributed by atoms with E-state index >= 15 is 0 Å². The fourth-order valence-corrected chi connectivity index (χ4v) is 2.23. The first-order chi connectivity index (χ1) is 8.61. The summed E-state index contributed by atoms with van der Waals surface area (Å²) < 4.78 is 2.23. The maximum Gasteiger partial charge on any atom is 0.306 e. The molecule has 0 amide bonds. The molecule has 0 aliphatic rings. The van der Waals surface area contributed by atoms with E-state index in [9.17, 15) is 4.79 Å². The Morgan fingerprint density at radius 2 is 2.17 bits per heavy atom. The lowest BCUT2D eigenvalue weighted by atomic mass is 10.0. The van der Waals surface area contributed by atoms with Gasteiger partial charge in [-0.15, -0.1) is 0 Å². The van der Waals surface area contributed by atoms with E-state index in [1.54, 1.807) is 6.92 Å². The molecule has 2 rings (SSSR count). The molecule has 1 aromatic carbocycles. The molecule has 2 aromatic rings. The van der Waals surface area contributed by atoms with Crippen LogP contribution in [0.4, 0.5) is 0 Å². The van der Waals surface area contributed by atoms with E-state index in [-0.39, 0.29) is 5.92 Å². The highest BCUT2D eigenvalue weighted by Gasteiger charge is 2.12. The van der Waals surface area contributed by atoms with Crippen LogP contribution < -0.4 is 0 Å². The van der Waals surface area contributed by atoms with Gasteiger partial charge in [0.05, 0.1) is 5.92 Å². The second-order valence-electron chi connectivity index (χ2n) is 4.85. The number of rotatable bonds is 5. The predicted octanol–water partition coefficient (Wildman–Crippen LogP) is 3.31. The van der Waals surface area contributed by atoms with Crippen molar-refractivity contribution in [3.05, 3.63) is 36.0 Å². The average Bonchev–Trinajstić information content (AvgIpc) is 2.72. The fourth-order valence-electron chi connectivity index (χ4n) is 2.23. The summed E-state index contributed by atoms with van der Waals surface area (Å²) in [6.45, 7) is 4.90. The molecule has 1 atom stereocenters. The van der Waals surface area contributed by atoms with Crippen LogP contribution in [-0.4, -0.2) is 15.6 Å². The van der Waals surface area contributed by atoms with Gasteiger partial charge < -0.3 is 9.67 Å². The summed E-state index contributed by atoms with van der Waals surface area (Å²) in [5.41, 5.74) is 2.29. The zero-order chi connectivity index (χ0) is 13.1. The molecule has 3 heteroatoms. The number of hydrogen-bond acceptors (Lipinski definition) is 1. The fraction of sp³-hybridized carbons (Fsp3) is 0.400. The SMILES string of the molecule is CCCn1ccc2ccc(CC(C)C(=O)O)cc21. The van der Waals surface area contributed by atoms with Crippen molar-refractivity contribution in [1.29, 1.82) is 0 Å². The lowest BCUT2D eigenvalue weighted by molar-refractivity contribution is -0.141. The molecule has 0 spiro atoms. The van der Waals surface area contributed by atoms with Crippen molar-refractivity contribution in [2.75, 3.05) is 0 Å². The monoisotopic (exact) mass is 245 g/mol. The Balaban J connectivity index is 2.30. The average molecular weight is 245 g/mol. The van der Waals surface area contributed by atoms with Crippen molar-refractivity contribution in [3.63, 3.8) is 0 Å². The van der Waals surface area contributed by atoms with Crippen LogP contribution in [0.2, 0.25) is 0 Å². The summed E-state index contributed by atoms with van der Waals surface area (Å²) in [7, 11) is 0. The molecule has 96 valence electrons. The third-order valence-corrected chi connectivity index (χ3v) is 3.27. The second-order valence-corrected chi connectivity index (χ2v) is 4.85. The van der Waals surface area contributed by atoms with Crippen molar-refractivity contribution >= 4 is 16.9 Å². The van der Waals surface area contributed by atoms with Gasteiger partial charge in [0.15, 0.2) is 0 Å². The zero-order valence-corrected chi connectivity index (χ0v) is 10.9. The number of nitrogens with zero attached hydrogens (tertiary/aromatic N) is 1. The maximum absolute atomic E-state index is 10.9. The number of hydrogen-bond donors (Lipinski definition) is 1. The Kier molecular flexibility index (Phi) is 3.70. The standard InChI is InChI=1S/C15H19NO2/c1-3-7-16-8-6-13-5-4-12(10-14(13)16)9-11(2)15(17)18/h4-6,8,10-11H,3,7,9H2,1-2H3,(H,17,18). The van der Waals surface area contributed by atoms with Crippen molar-refractivity contribution in [3.8, 4) is 0 Å². The highest BCUT2D eigenvalue weighted by Crippen LogP contribution is 2.20. The largest absolute Gasteiger partial charge is 0.481 e. The van der Waals surface area contributed by atoms with Crippen LogP contribution in [0.1, 0.15) is 25.8 Å². The summed E-state index contributed by atoms with van der Waals surface area (Å²) in [6, 6.07) is 8.32. The van der Waals surface area contributed by atoms with Gasteiger partial charge in [0, 0.05) is 18.3 Å². The highest BCUT2D eigenvalue weighted by atomic mass is 16.4. The molecule has 0 aliphatic heterocycles. The first kappa shape index (κ1) is 12.7. The van der Waals surface area contributed by atoms with E-state index < -0.39 is 5.97 Å². The van der Waals surface area contributed by atoms with Gasteiger partial charge in [-0.05, 0) is 35.9 Å². The van der Waals surface area contributed by atoms with Crippen LogP contribution in [0.15, 0.2) is 30.5 Å². The number of carboxylic acid groups (broad SMARTS) is 1. The minimum absolute atomic E-state index is 0.336. The highest BCUT2D eigenvalue weighted by molar-refractivity contribution is 5.81. The van der Waals surface area contributed by atoms with Crippen molar-refractivity contribution < 1.29 is 9.90 Å². The molecule has 0 radical (unpaired) electrons. The van der Waals surface area contributed by atoms with E-state index in [2.05, 4.69) is 35.9 Å². The van der Waals surface area contributed by atoms with Gasteiger partial charge in [0.1, 0.15) is 0 Å². The van der Waals surface area contributed by atoms with Crippen LogP contribution in [-0.2, 0) is 17.8 Å². The molecular weight excluding hydrogens is 226 g/mol. The Labute approximate surface area is 107 Å². The number of fused-ring (bicyclic) bond motifs is 1. The smallest absolute Gasteiger partial charge is 0.306 e.